The Morgan fingerprint density at radius 2 is 0.769 bits per heavy atom. The van der Waals surface area contributed by atoms with Crippen LogP contribution in [0.25, 0.3) is 0 Å². The van der Waals surface area contributed by atoms with Crippen LogP contribution in [0.4, 0.5) is 0 Å². The molecule has 0 unspecified atom stereocenters. The van der Waals surface area contributed by atoms with Crippen molar-refractivity contribution in [1.29, 1.82) is 0 Å². The molecule has 2 aliphatic carbocycles. The summed E-state index contributed by atoms with van der Waals surface area (Å²) in [5.41, 5.74) is 3.29. The highest BCUT2D eigenvalue weighted by Gasteiger charge is 2.20. The molecule has 306 valence electrons. The molecule has 2 aliphatic rings. The molecule has 0 spiro atoms. The molecule has 2 saturated carbocycles. The summed E-state index contributed by atoms with van der Waals surface area (Å²) in [4.78, 5) is 0. The van der Waals surface area contributed by atoms with Gasteiger partial charge >= 0.3 is 0 Å². The Morgan fingerprint density at radius 3 is 1.21 bits per heavy atom. The van der Waals surface area contributed by atoms with Crippen molar-refractivity contribution in [2.45, 2.75) is 271 Å². The molecular weight excluding hydrogens is 637 g/mol. The summed E-state index contributed by atoms with van der Waals surface area (Å²) in [5, 5.41) is 0. The maximum atomic E-state index is 6.93. The lowest BCUT2D eigenvalue weighted by atomic mass is 9.89. The van der Waals surface area contributed by atoms with E-state index < -0.39 is 0 Å². The van der Waals surface area contributed by atoms with Crippen molar-refractivity contribution in [1.82, 2.24) is 0 Å². The van der Waals surface area contributed by atoms with Gasteiger partial charge in [0.25, 0.3) is 0 Å². The Kier molecular flexibility index (Phi) is 32.4. The molecule has 0 heterocycles. The Morgan fingerprint density at radius 1 is 0.404 bits per heavy atom. The van der Waals surface area contributed by atoms with Crippen molar-refractivity contribution in [2.75, 3.05) is 19.8 Å². The minimum Gasteiger partial charge on any atom is -0.498 e. The number of hydrogen-bond donors (Lipinski definition) is 0. The maximum Gasteiger partial charge on any atom is 0.0982 e. The monoisotopic (exact) mass is 729 g/mol. The Balaban J connectivity index is 1.50. The summed E-state index contributed by atoms with van der Waals surface area (Å²) in [6.07, 6.45) is 50.9. The van der Waals surface area contributed by atoms with Crippen LogP contribution in [0.3, 0.4) is 0 Å². The van der Waals surface area contributed by atoms with E-state index in [4.69, 9.17) is 14.2 Å². The van der Waals surface area contributed by atoms with Crippen LogP contribution in [0.2, 0.25) is 0 Å². The van der Waals surface area contributed by atoms with Gasteiger partial charge in [0, 0.05) is 26.1 Å². The summed E-state index contributed by atoms with van der Waals surface area (Å²) in [6.45, 7) is 9.75. The summed E-state index contributed by atoms with van der Waals surface area (Å²) in [6, 6.07) is 0. The Bertz CT molecular complexity index is 816. The normalized spacial score (nSPS) is 14.2. The van der Waals surface area contributed by atoms with E-state index in [0.29, 0.717) is 6.10 Å². The molecule has 3 heteroatoms. The molecule has 2 rings (SSSR count). The zero-order valence-corrected chi connectivity index (χ0v) is 35.8. The highest BCUT2D eigenvalue weighted by Crippen LogP contribution is 2.34. The van der Waals surface area contributed by atoms with Gasteiger partial charge < -0.3 is 14.2 Å². The number of rotatable bonds is 40. The molecular formula is C49H92O3. The maximum absolute atomic E-state index is 6.93. The average molecular weight is 729 g/mol. The van der Waals surface area contributed by atoms with Gasteiger partial charge in [-0.25, -0.2) is 0 Å². The first kappa shape index (κ1) is 47.2. The predicted molar refractivity (Wildman–Crippen MR) is 228 cm³/mol. The molecule has 52 heavy (non-hydrogen) atoms. The third-order valence-corrected chi connectivity index (χ3v) is 11.9. The van der Waals surface area contributed by atoms with Gasteiger partial charge in [-0.2, -0.15) is 0 Å². The van der Waals surface area contributed by atoms with Crippen molar-refractivity contribution < 1.29 is 14.2 Å². The first-order valence-corrected chi connectivity index (χ1v) is 24.1. The zero-order chi connectivity index (χ0) is 37.0. The van der Waals surface area contributed by atoms with E-state index in [2.05, 4.69) is 20.8 Å². The second kappa shape index (κ2) is 35.7. The van der Waals surface area contributed by atoms with Crippen LogP contribution >= 0.6 is 0 Å². The SMILES string of the molecule is CCCCCCCCCOC(CCCCCCCOCCCCCCC(OC(CCCCCCCC)CCCCCCCC)=C1CCC1)=C1CCC1. The van der Waals surface area contributed by atoms with E-state index in [1.165, 1.54) is 256 Å². The highest BCUT2D eigenvalue weighted by molar-refractivity contribution is 5.16. The van der Waals surface area contributed by atoms with Gasteiger partial charge in [0.2, 0.25) is 0 Å². The number of unbranched alkanes of at least 4 members (excludes halogenated alkanes) is 23. The average Bonchev–Trinajstić information content (AvgIpc) is 3.10. The molecule has 0 saturated heterocycles. The minimum absolute atomic E-state index is 0.453. The number of hydrogen-bond acceptors (Lipinski definition) is 3. The first-order valence-electron chi connectivity index (χ1n) is 24.1. The van der Waals surface area contributed by atoms with Gasteiger partial charge in [0.15, 0.2) is 0 Å². The Labute approximate surface area is 326 Å². The van der Waals surface area contributed by atoms with Crippen molar-refractivity contribution >= 4 is 0 Å². The lowest BCUT2D eigenvalue weighted by Crippen LogP contribution is -2.16. The van der Waals surface area contributed by atoms with Crippen LogP contribution in [-0.2, 0) is 14.2 Å². The fourth-order valence-corrected chi connectivity index (χ4v) is 7.92. The van der Waals surface area contributed by atoms with Crippen LogP contribution in [0, 0.1) is 0 Å². The predicted octanol–water partition coefficient (Wildman–Crippen LogP) is 16.8. The van der Waals surface area contributed by atoms with Gasteiger partial charge in [0.05, 0.1) is 24.2 Å². The van der Waals surface area contributed by atoms with Crippen molar-refractivity contribution in [3.05, 3.63) is 22.7 Å². The third kappa shape index (κ3) is 26.0. The van der Waals surface area contributed by atoms with Crippen molar-refractivity contribution in [3.8, 4) is 0 Å². The lowest BCUT2D eigenvalue weighted by molar-refractivity contribution is 0.0833. The van der Waals surface area contributed by atoms with Gasteiger partial charge in [-0.1, -0.05) is 156 Å². The molecule has 0 aliphatic heterocycles. The quantitative estimate of drug-likeness (QED) is 0.0464. The molecule has 0 aromatic heterocycles. The largest absolute Gasteiger partial charge is 0.498 e. The fourth-order valence-electron chi connectivity index (χ4n) is 7.92. The van der Waals surface area contributed by atoms with Crippen LogP contribution in [0.1, 0.15) is 265 Å². The molecule has 0 aromatic carbocycles. The molecule has 0 bridgehead atoms. The van der Waals surface area contributed by atoms with Crippen LogP contribution in [0.5, 0.6) is 0 Å². The second-order valence-corrected chi connectivity index (χ2v) is 16.9. The molecule has 0 atom stereocenters. The smallest absolute Gasteiger partial charge is 0.0982 e. The van der Waals surface area contributed by atoms with Crippen LogP contribution in [0.15, 0.2) is 22.7 Å². The van der Waals surface area contributed by atoms with Crippen molar-refractivity contribution in [3.63, 3.8) is 0 Å². The topological polar surface area (TPSA) is 27.7 Å². The van der Waals surface area contributed by atoms with Gasteiger partial charge in [0.1, 0.15) is 0 Å². The Hall–Kier alpha value is -0.960. The molecule has 0 aromatic rings. The van der Waals surface area contributed by atoms with Crippen LogP contribution in [-0.4, -0.2) is 25.9 Å². The lowest BCUT2D eigenvalue weighted by Gasteiger charge is -2.27. The summed E-state index contributed by atoms with van der Waals surface area (Å²) in [7, 11) is 0. The van der Waals surface area contributed by atoms with Crippen molar-refractivity contribution in [2.24, 2.45) is 0 Å². The number of ether oxygens (including phenoxy) is 3. The van der Waals surface area contributed by atoms with E-state index in [1.807, 2.05) is 0 Å². The van der Waals surface area contributed by atoms with E-state index in [1.54, 1.807) is 11.1 Å². The van der Waals surface area contributed by atoms with E-state index in [0.717, 1.165) is 19.8 Å². The summed E-state index contributed by atoms with van der Waals surface area (Å²) < 4.78 is 19.3. The van der Waals surface area contributed by atoms with E-state index in [-0.39, 0.29) is 0 Å². The molecule has 0 N–H and O–H groups in total. The number of allylic oxidation sites excluding steroid dienone is 4. The highest BCUT2D eigenvalue weighted by atomic mass is 16.5. The molecule has 2 fully saturated rings. The van der Waals surface area contributed by atoms with Gasteiger partial charge in [-0.3, -0.25) is 0 Å². The minimum atomic E-state index is 0.453. The van der Waals surface area contributed by atoms with Gasteiger partial charge in [-0.05, 0) is 107 Å². The standard InChI is InChI=1S/C49H92O3/c1-4-7-10-13-16-23-31-44-51-48(45-34-32-35-45)40-27-20-17-22-29-42-50-43-30-24-21-28-41-49(46-36-33-37-46)52-47(38-25-18-14-11-8-5-2)39-26-19-15-12-9-6-3/h47H,4-44H2,1-3H3. The third-order valence-electron chi connectivity index (χ3n) is 11.9. The first-order chi connectivity index (χ1) is 25.8. The van der Waals surface area contributed by atoms with Crippen LogP contribution < -0.4 is 0 Å². The molecule has 0 amide bonds. The second-order valence-electron chi connectivity index (χ2n) is 16.9. The molecule has 0 radical (unpaired) electrons. The summed E-state index contributed by atoms with van der Waals surface area (Å²) in [5.74, 6) is 2.79. The zero-order valence-electron chi connectivity index (χ0n) is 35.8. The fraction of sp³-hybridized carbons (Fsp3) is 0.918. The van der Waals surface area contributed by atoms with Gasteiger partial charge in [-0.15, -0.1) is 0 Å². The van der Waals surface area contributed by atoms with E-state index >= 15 is 0 Å². The summed E-state index contributed by atoms with van der Waals surface area (Å²) >= 11 is 0. The van der Waals surface area contributed by atoms with E-state index in [9.17, 15) is 0 Å². The molecule has 3 nitrogen and oxygen atoms in total.